The van der Waals surface area contributed by atoms with E-state index < -0.39 is 0 Å². The zero-order valence-corrected chi connectivity index (χ0v) is 22.5. The summed E-state index contributed by atoms with van der Waals surface area (Å²) in [5.41, 5.74) is 3.94. The van der Waals surface area contributed by atoms with Gasteiger partial charge in [-0.15, -0.1) is 0 Å². The fraction of sp³-hybridized carbons (Fsp3) is 0.100. The summed E-state index contributed by atoms with van der Waals surface area (Å²) in [5, 5.41) is 57.8. The zero-order chi connectivity index (χ0) is 27.8. The van der Waals surface area contributed by atoms with E-state index in [0.29, 0.717) is 16.6 Å². The van der Waals surface area contributed by atoms with Gasteiger partial charge < -0.3 is 30.6 Å². The van der Waals surface area contributed by atoms with Crippen LogP contribution in [-0.2, 0) is 19.8 Å². The van der Waals surface area contributed by atoms with Crippen molar-refractivity contribution in [2.45, 2.75) is 19.8 Å². The monoisotopic (exact) mass is 552 g/mol. The van der Waals surface area contributed by atoms with Crippen molar-refractivity contribution >= 4 is 50.1 Å². The Kier molecular flexibility index (Phi) is 10.7. The summed E-state index contributed by atoms with van der Waals surface area (Å²) in [6, 6.07) is 20.5. The van der Waals surface area contributed by atoms with Gasteiger partial charge in [0.15, 0.2) is 0 Å². The van der Waals surface area contributed by atoms with Crippen LogP contribution < -0.4 is 0 Å². The molecule has 0 fully saturated rings. The van der Waals surface area contributed by atoms with E-state index in [-0.39, 0.29) is 54.4 Å². The molecule has 3 radical (unpaired) electrons. The number of nitrogens with zero attached hydrogens (tertiary/aromatic N) is 3. The van der Waals surface area contributed by atoms with E-state index in [0.717, 1.165) is 32.8 Å². The molecule has 0 unspecified atom stereocenters. The Morgan fingerprint density at radius 1 is 0.425 bits per heavy atom. The van der Waals surface area contributed by atoms with E-state index in [1.807, 2.05) is 18.2 Å². The molecule has 3 aromatic carbocycles. The molecule has 0 bridgehead atoms. The molecule has 0 saturated heterocycles. The van der Waals surface area contributed by atoms with Crippen LogP contribution in [0.3, 0.4) is 0 Å². The quantitative estimate of drug-likeness (QED) is 0.179. The highest BCUT2D eigenvalue weighted by atomic mass is 27.0. The third-order valence-electron chi connectivity index (χ3n) is 6.03. The highest BCUT2D eigenvalue weighted by Crippen LogP contribution is 2.27. The van der Waals surface area contributed by atoms with Crippen molar-refractivity contribution in [2.24, 2.45) is 0 Å². The number of hydrogen-bond acceptors (Lipinski definition) is 9. The largest absolute Gasteiger partial charge is 0.506 e. The van der Waals surface area contributed by atoms with Gasteiger partial charge >= 0.3 is 0 Å². The summed E-state index contributed by atoms with van der Waals surface area (Å²) in [5.74, 6) is 0.438. The number of aromatic nitrogens is 3. The van der Waals surface area contributed by atoms with Crippen LogP contribution in [0.1, 0.15) is 16.7 Å². The van der Waals surface area contributed by atoms with Crippen LogP contribution in [0.15, 0.2) is 91.4 Å². The van der Waals surface area contributed by atoms with E-state index in [2.05, 4.69) is 15.0 Å². The lowest BCUT2D eigenvalue weighted by atomic mass is 10.1. The van der Waals surface area contributed by atoms with E-state index in [1.165, 1.54) is 0 Å². The van der Waals surface area contributed by atoms with Crippen molar-refractivity contribution in [1.29, 1.82) is 0 Å². The molecule has 6 N–H and O–H groups in total. The second-order valence-electron chi connectivity index (χ2n) is 8.40. The number of benzene rings is 3. The summed E-state index contributed by atoms with van der Waals surface area (Å²) < 4.78 is 0. The fourth-order valence-corrected chi connectivity index (χ4v) is 4.06. The number of aliphatic hydroxyl groups is 3. The molecule has 0 atom stereocenters. The standard InChI is InChI=1S/3C10H9NO2.Al/c3*12-6-7-3-4-9(13)10-8(7)2-1-5-11-10;/h3*1-5,12-13H,6H2;. The Morgan fingerprint density at radius 2 is 0.700 bits per heavy atom. The lowest BCUT2D eigenvalue weighted by Gasteiger charge is -2.03. The topological polar surface area (TPSA) is 160 Å². The van der Waals surface area contributed by atoms with E-state index in [1.54, 1.807) is 73.2 Å². The third-order valence-corrected chi connectivity index (χ3v) is 6.03. The summed E-state index contributed by atoms with van der Waals surface area (Å²) in [4.78, 5) is 12.1. The summed E-state index contributed by atoms with van der Waals surface area (Å²) in [6.45, 7) is -0.118. The second-order valence-corrected chi connectivity index (χ2v) is 8.40. The van der Waals surface area contributed by atoms with Crippen LogP contribution in [0, 0.1) is 0 Å². The SMILES string of the molecule is OCc1ccc(O)c2ncccc12.OCc1ccc(O)c2ncccc12.OCc1ccc(O)c2ncccc12.[Al]. The normalized spacial score (nSPS) is 10.3. The molecule has 9 nitrogen and oxygen atoms in total. The lowest BCUT2D eigenvalue weighted by Crippen LogP contribution is -1.87. The maximum atomic E-state index is 9.45. The van der Waals surface area contributed by atoms with Gasteiger partial charge in [-0.05, 0) is 53.1 Å². The molecule has 0 amide bonds. The third kappa shape index (κ3) is 6.64. The van der Waals surface area contributed by atoms with Crippen molar-refractivity contribution in [3.63, 3.8) is 0 Å². The van der Waals surface area contributed by atoms with E-state index >= 15 is 0 Å². The highest BCUT2D eigenvalue weighted by Gasteiger charge is 2.06. The number of phenols is 3. The van der Waals surface area contributed by atoms with Crippen molar-refractivity contribution < 1.29 is 30.6 Å². The maximum Gasteiger partial charge on any atom is 0.141 e. The van der Waals surface area contributed by atoms with Crippen LogP contribution in [0.4, 0.5) is 0 Å². The van der Waals surface area contributed by atoms with E-state index in [4.69, 9.17) is 15.3 Å². The van der Waals surface area contributed by atoms with Gasteiger partial charge in [0.25, 0.3) is 0 Å². The van der Waals surface area contributed by atoms with Crippen LogP contribution in [0.2, 0.25) is 0 Å². The van der Waals surface area contributed by atoms with Crippen LogP contribution >= 0.6 is 0 Å². The summed E-state index contributed by atoms with van der Waals surface area (Å²) in [7, 11) is 0. The van der Waals surface area contributed by atoms with Gasteiger partial charge in [0.05, 0.1) is 19.8 Å². The molecule has 40 heavy (non-hydrogen) atoms. The first-order valence-electron chi connectivity index (χ1n) is 12.0. The Morgan fingerprint density at radius 3 is 0.950 bits per heavy atom. The molecule has 0 aliphatic carbocycles. The minimum atomic E-state index is -0.0392. The van der Waals surface area contributed by atoms with Gasteiger partial charge in [0.1, 0.15) is 33.8 Å². The molecule has 0 aliphatic heterocycles. The van der Waals surface area contributed by atoms with Crippen molar-refractivity contribution in [3.8, 4) is 17.2 Å². The first-order chi connectivity index (χ1) is 19.0. The summed E-state index contributed by atoms with van der Waals surface area (Å²) in [6.07, 6.45) is 4.84. The first-order valence-corrected chi connectivity index (χ1v) is 12.0. The fourth-order valence-electron chi connectivity index (χ4n) is 4.06. The molecule has 0 aliphatic rings. The first kappa shape index (κ1) is 30.2. The molecule has 0 saturated carbocycles. The van der Waals surface area contributed by atoms with Gasteiger partial charge in [-0.2, -0.15) is 0 Å². The molecular weight excluding hydrogens is 525 g/mol. The van der Waals surface area contributed by atoms with Gasteiger partial charge in [-0.25, -0.2) is 0 Å². The molecule has 0 spiro atoms. The van der Waals surface area contributed by atoms with E-state index in [9.17, 15) is 15.3 Å². The average molecular weight is 553 g/mol. The smallest absolute Gasteiger partial charge is 0.141 e. The Labute approximate surface area is 240 Å². The molecule has 6 aromatic rings. The number of aromatic hydroxyl groups is 3. The van der Waals surface area contributed by atoms with Gasteiger partial charge in [-0.1, -0.05) is 36.4 Å². The number of rotatable bonds is 3. The molecule has 3 heterocycles. The maximum absolute atomic E-state index is 9.45. The van der Waals surface area contributed by atoms with Crippen molar-refractivity contribution in [1.82, 2.24) is 15.0 Å². The van der Waals surface area contributed by atoms with Crippen LogP contribution in [0.5, 0.6) is 17.2 Å². The number of aliphatic hydroxyl groups excluding tert-OH is 3. The Hall–Kier alpha value is -4.30. The second kappa shape index (κ2) is 14.2. The van der Waals surface area contributed by atoms with Crippen LogP contribution in [-0.4, -0.2) is 63.0 Å². The van der Waals surface area contributed by atoms with Gasteiger partial charge in [0.2, 0.25) is 0 Å². The average Bonchev–Trinajstić information content (AvgIpc) is 2.99. The molecule has 201 valence electrons. The predicted octanol–water partition coefficient (Wildman–Crippen LogP) is 3.92. The molecule has 3 aromatic heterocycles. The molecule has 10 heteroatoms. The number of fused-ring (bicyclic) bond motifs is 3. The minimum Gasteiger partial charge on any atom is -0.506 e. The van der Waals surface area contributed by atoms with Gasteiger partial charge in [-0.3, -0.25) is 15.0 Å². The molecule has 6 rings (SSSR count). The number of hydrogen-bond donors (Lipinski definition) is 6. The Bertz CT molecular complexity index is 1530. The van der Waals surface area contributed by atoms with Crippen LogP contribution in [0.25, 0.3) is 32.7 Å². The van der Waals surface area contributed by atoms with Crippen molar-refractivity contribution in [2.75, 3.05) is 0 Å². The molecular formula is C30H27AlN3O6. The Balaban J connectivity index is 0.000000163. The summed E-state index contributed by atoms with van der Waals surface area (Å²) >= 11 is 0. The van der Waals surface area contributed by atoms with Crippen molar-refractivity contribution in [3.05, 3.63) is 108 Å². The minimum absolute atomic E-state index is 0. The number of pyridine rings is 3. The highest BCUT2D eigenvalue weighted by molar-refractivity contribution is 5.88. The predicted molar refractivity (Wildman–Crippen MR) is 154 cm³/mol. The lowest BCUT2D eigenvalue weighted by molar-refractivity contribution is 0.283. The number of phenolic OH excluding ortho intramolecular Hbond substituents is 3. The van der Waals surface area contributed by atoms with Gasteiger partial charge in [0, 0.05) is 52.1 Å². The zero-order valence-electron chi connectivity index (χ0n) is 21.4.